The Balaban J connectivity index is 2.16. The molecule has 0 spiro atoms. The van der Waals surface area contributed by atoms with E-state index in [9.17, 15) is 9.59 Å². The van der Waals surface area contributed by atoms with Crippen LogP contribution in [0.1, 0.15) is 52.7 Å². The van der Waals surface area contributed by atoms with Gasteiger partial charge in [0.15, 0.2) is 5.78 Å². The van der Waals surface area contributed by atoms with Gasteiger partial charge in [-0.15, -0.1) is 0 Å². The van der Waals surface area contributed by atoms with E-state index in [0.29, 0.717) is 6.42 Å². The second-order valence-electron chi connectivity index (χ2n) is 6.33. The van der Waals surface area contributed by atoms with Crippen LogP contribution in [0.4, 0.5) is 5.69 Å². The number of aryl methyl sites for hydroxylation is 2. The molecule has 0 aromatic heterocycles. The number of amides is 1. The molecule has 21 heavy (non-hydrogen) atoms. The van der Waals surface area contributed by atoms with E-state index in [-0.39, 0.29) is 23.5 Å². The number of nitrogens with one attached hydrogen (secondary N) is 2. The zero-order valence-electron chi connectivity index (χ0n) is 12.9. The maximum Gasteiger partial charge on any atom is 0.224 e. The fraction of sp³-hybridized carbons (Fsp3) is 0.529. The Kier molecular flexibility index (Phi) is 3.57. The van der Waals surface area contributed by atoms with Gasteiger partial charge in [-0.1, -0.05) is 13.0 Å². The van der Waals surface area contributed by atoms with Gasteiger partial charge in [0.2, 0.25) is 5.91 Å². The second-order valence-corrected chi connectivity index (χ2v) is 6.33. The molecule has 112 valence electrons. The molecule has 1 aromatic rings. The quantitative estimate of drug-likeness (QED) is 0.877. The van der Waals surface area contributed by atoms with Crippen molar-refractivity contribution in [2.24, 2.45) is 5.92 Å². The van der Waals surface area contributed by atoms with E-state index in [1.165, 1.54) is 0 Å². The molecule has 0 fully saturated rings. The topological polar surface area (TPSA) is 58.2 Å². The van der Waals surface area contributed by atoms with Crippen molar-refractivity contribution in [1.82, 2.24) is 5.32 Å². The molecule has 4 heteroatoms. The number of hydrogen-bond acceptors (Lipinski definition) is 3. The van der Waals surface area contributed by atoms with Crippen molar-refractivity contribution in [3.8, 4) is 0 Å². The number of benzene rings is 1. The Hall–Kier alpha value is -1.68. The summed E-state index contributed by atoms with van der Waals surface area (Å²) in [7, 11) is 1.89. The molecule has 2 atom stereocenters. The summed E-state index contributed by atoms with van der Waals surface area (Å²) in [5.74, 6) is 0.455. The first-order chi connectivity index (χ1) is 10.0. The van der Waals surface area contributed by atoms with Gasteiger partial charge < -0.3 is 10.6 Å². The molecule has 2 aliphatic rings. The van der Waals surface area contributed by atoms with E-state index in [2.05, 4.69) is 16.7 Å². The minimum absolute atomic E-state index is 0.0492. The van der Waals surface area contributed by atoms with Crippen molar-refractivity contribution >= 4 is 17.4 Å². The van der Waals surface area contributed by atoms with Gasteiger partial charge in [0.1, 0.15) is 0 Å². The normalized spacial score (nSPS) is 24.3. The van der Waals surface area contributed by atoms with Crippen molar-refractivity contribution in [3.05, 3.63) is 28.3 Å². The standard InChI is InChI=1S/C17H22N2O2/c1-9-7-13(20)19-16-10(2)6-11-4-5-12(8-18-3)17(21)15(11)14(9)16/h6,9,12,18H,4-5,7-8H2,1-3H3,(H,19,20). The highest BCUT2D eigenvalue weighted by Gasteiger charge is 2.35. The third-order valence-corrected chi connectivity index (χ3v) is 4.72. The van der Waals surface area contributed by atoms with Crippen molar-refractivity contribution in [3.63, 3.8) is 0 Å². The van der Waals surface area contributed by atoms with Crippen LogP contribution >= 0.6 is 0 Å². The van der Waals surface area contributed by atoms with Crippen LogP contribution in [-0.4, -0.2) is 25.3 Å². The van der Waals surface area contributed by atoms with Crippen LogP contribution in [0, 0.1) is 12.8 Å². The maximum atomic E-state index is 12.9. The Labute approximate surface area is 125 Å². The fourth-order valence-electron chi connectivity index (χ4n) is 3.74. The second kappa shape index (κ2) is 5.26. The monoisotopic (exact) mass is 286 g/mol. The number of rotatable bonds is 2. The summed E-state index contributed by atoms with van der Waals surface area (Å²) >= 11 is 0. The van der Waals surface area contributed by atoms with Crippen LogP contribution < -0.4 is 10.6 Å². The first-order valence-corrected chi connectivity index (χ1v) is 7.68. The highest BCUT2D eigenvalue weighted by molar-refractivity contribution is 6.06. The molecule has 0 bridgehead atoms. The van der Waals surface area contributed by atoms with Gasteiger partial charge in [-0.25, -0.2) is 0 Å². The molecule has 3 rings (SSSR count). The van der Waals surface area contributed by atoms with Crippen molar-refractivity contribution in [1.29, 1.82) is 0 Å². The van der Waals surface area contributed by atoms with E-state index in [0.717, 1.165) is 47.3 Å². The highest BCUT2D eigenvalue weighted by atomic mass is 16.1. The largest absolute Gasteiger partial charge is 0.326 e. The average Bonchev–Trinajstić information content (AvgIpc) is 2.42. The Bertz CT molecular complexity index is 622. The number of fused-ring (bicyclic) bond motifs is 3. The molecular formula is C17H22N2O2. The minimum atomic E-state index is 0.0492. The lowest BCUT2D eigenvalue weighted by Gasteiger charge is -2.32. The van der Waals surface area contributed by atoms with E-state index >= 15 is 0 Å². The predicted octanol–water partition coefficient (Wildman–Crippen LogP) is 2.41. The van der Waals surface area contributed by atoms with Crippen LogP contribution in [0.5, 0.6) is 0 Å². The molecule has 4 nitrogen and oxygen atoms in total. The molecule has 1 amide bonds. The van der Waals surface area contributed by atoms with Gasteiger partial charge in [0.25, 0.3) is 0 Å². The van der Waals surface area contributed by atoms with E-state index < -0.39 is 0 Å². The molecule has 0 radical (unpaired) electrons. The molecular weight excluding hydrogens is 264 g/mol. The summed E-state index contributed by atoms with van der Waals surface area (Å²) in [6.07, 6.45) is 2.32. The summed E-state index contributed by atoms with van der Waals surface area (Å²) in [5, 5.41) is 6.09. The molecule has 2 unspecified atom stereocenters. The van der Waals surface area contributed by atoms with Gasteiger partial charge in [-0.3, -0.25) is 9.59 Å². The smallest absolute Gasteiger partial charge is 0.224 e. The number of ketones is 1. The van der Waals surface area contributed by atoms with Gasteiger partial charge in [0, 0.05) is 30.1 Å². The van der Waals surface area contributed by atoms with Gasteiger partial charge in [-0.2, -0.15) is 0 Å². The van der Waals surface area contributed by atoms with Crippen LogP contribution in [-0.2, 0) is 11.2 Å². The lowest BCUT2D eigenvalue weighted by Crippen LogP contribution is -2.34. The molecule has 0 saturated carbocycles. The van der Waals surface area contributed by atoms with Crippen LogP contribution in [0.3, 0.4) is 0 Å². The minimum Gasteiger partial charge on any atom is -0.326 e. The Morgan fingerprint density at radius 3 is 2.86 bits per heavy atom. The predicted molar refractivity (Wildman–Crippen MR) is 82.9 cm³/mol. The number of carbonyl (C=O) groups excluding carboxylic acids is 2. The zero-order valence-corrected chi connectivity index (χ0v) is 12.9. The number of carbonyl (C=O) groups is 2. The number of anilines is 1. The summed E-state index contributed by atoms with van der Waals surface area (Å²) in [6, 6.07) is 2.08. The van der Waals surface area contributed by atoms with Crippen molar-refractivity contribution in [2.75, 3.05) is 18.9 Å². The third kappa shape index (κ3) is 2.27. The lowest BCUT2D eigenvalue weighted by atomic mass is 9.75. The zero-order chi connectivity index (χ0) is 15.1. The molecule has 1 heterocycles. The average molecular weight is 286 g/mol. The summed E-state index contributed by atoms with van der Waals surface area (Å²) < 4.78 is 0. The van der Waals surface area contributed by atoms with Gasteiger partial charge in [0.05, 0.1) is 0 Å². The van der Waals surface area contributed by atoms with E-state index in [4.69, 9.17) is 0 Å². The molecule has 2 N–H and O–H groups in total. The van der Waals surface area contributed by atoms with E-state index in [1.54, 1.807) is 0 Å². The maximum absolute atomic E-state index is 12.9. The number of hydrogen-bond donors (Lipinski definition) is 2. The van der Waals surface area contributed by atoms with Gasteiger partial charge in [-0.05, 0) is 49.4 Å². The van der Waals surface area contributed by atoms with Crippen molar-refractivity contribution < 1.29 is 9.59 Å². The van der Waals surface area contributed by atoms with Crippen LogP contribution in [0.2, 0.25) is 0 Å². The van der Waals surface area contributed by atoms with E-state index in [1.807, 2.05) is 20.9 Å². The first kappa shape index (κ1) is 14.3. The summed E-state index contributed by atoms with van der Waals surface area (Å²) in [6.45, 7) is 4.79. The van der Waals surface area contributed by atoms with Crippen LogP contribution in [0.25, 0.3) is 0 Å². The van der Waals surface area contributed by atoms with Gasteiger partial charge >= 0.3 is 0 Å². The fourth-order valence-corrected chi connectivity index (χ4v) is 3.74. The lowest BCUT2D eigenvalue weighted by molar-refractivity contribution is -0.116. The summed E-state index contributed by atoms with van der Waals surface area (Å²) in [4.78, 5) is 24.7. The summed E-state index contributed by atoms with van der Waals surface area (Å²) in [5.41, 5.74) is 5.05. The first-order valence-electron chi connectivity index (χ1n) is 7.68. The van der Waals surface area contributed by atoms with Crippen LogP contribution in [0.15, 0.2) is 6.07 Å². The molecule has 1 aromatic carbocycles. The highest BCUT2D eigenvalue weighted by Crippen LogP contribution is 2.41. The third-order valence-electron chi connectivity index (χ3n) is 4.72. The molecule has 1 aliphatic carbocycles. The number of Topliss-reactive ketones (excluding diaryl/α,β-unsaturated/α-hetero) is 1. The SMILES string of the molecule is CNCC1CCc2cc(C)c3c(c2C1=O)C(C)CC(=O)N3. The molecule has 0 saturated heterocycles. The molecule has 1 aliphatic heterocycles. The Morgan fingerprint density at radius 1 is 1.38 bits per heavy atom. The Morgan fingerprint density at radius 2 is 2.14 bits per heavy atom. The van der Waals surface area contributed by atoms with Crippen molar-refractivity contribution in [2.45, 2.75) is 39.0 Å².